The van der Waals surface area contributed by atoms with Crippen molar-refractivity contribution in [3.63, 3.8) is 0 Å². The second kappa shape index (κ2) is 12.5. The first-order valence-electron chi connectivity index (χ1n) is 23.3. The lowest BCUT2D eigenvalue weighted by atomic mass is 9.35. The molecule has 0 radical (unpaired) electrons. The van der Waals surface area contributed by atoms with E-state index in [4.69, 9.17) is 0 Å². The highest BCUT2D eigenvalue weighted by Gasteiger charge is 2.51. The van der Waals surface area contributed by atoms with Crippen LogP contribution in [0.25, 0.3) is 10.1 Å². The highest BCUT2D eigenvalue weighted by Crippen LogP contribution is 2.59. The number of anilines is 6. The summed E-state index contributed by atoms with van der Waals surface area (Å²) in [4.78, 5) is 5.34. The molecule has 3 heterocycles. The summed E-state index contributed by atoms with van der Waals surface area (Å²) < 4.78 is 2.94. The Kier molecular flexibility index (Phi) is 8.08. The van der Waals surface area contributed by atoms with Crippen molar-refractivity contribution in [3.05, 3.63) is 124 Å². The molecule has 0 amide bonds. The standard InChI is InChI=1S/C57H65BN2S/c1-34-28-46-49-47(29-34)60(38-20-16-36(17-21-38)53(5,6)7)50-39-30-42-43(57(13)26-24-56(42,12)25-27-57)33-48(39)61-51(50)58(49)44-31-40-41(55(10,11)23-22-54(40,8)9)32-45(44)59(46)37-18-14-35(15-19-37)52(2,3)4/h14-21,28-33H,22-27H2,1-13H3. The Morgan fingerprint density at radius 1 is 0.525 bits per heavy atom. The van der Waals surface area contributed by atoms with Gasteiger partial charge in [0.2, 0.25) is 0 Å². The van der Waals surface area contributed by atoms with Gasteiger partial charge in [0.1, 0.15) is 0 Å². The lowest BCUT2D eigenvalue weighted by molar-refractivity contribution is 0.188. The van der Waals surface area contributed by atoms with Gasteiger partial charge in [0, 0.05) is 43.3 Å². The van der Waals surface area contributed by atoms with Crippen molar-refractivity contribution in [2.75, 3.05) is 9.80 Å². The van der Waals surface area contributed by atoms with Crippen LogP contribution < -0.4 is 25.5 Å². The van der Waals surface area contributed by atoms with Gasteiger partial charge in [0.25, 0.3) is 6.71 Å². The van der Waals surface area contributed by atoms with E-state index in [0.29, 0.717) is 0 Å². The number of rotatable bonds is 2. The Hall–Kier alpha value is -4.28. The van der Waals surface area contributed by atoms with Crippen molar-refractivity contribution in [1.82, 2.24) is 0 Å². The smallest absolute Gasteiger partial charge is 0.264 e. The molecule has 1 fully saturated rings. The van der Waals surface area contributed by atoms with Gasteiger partial charge in [0.15, 0.2) is 0 Å². The summed E-state index contributed by atoms with van der Waals surface area (Å²) in [6, 6.07) is 34.8. The molecule has 0 spiro atoms. The molecule has 0 N–H and O–H groups in total. The van der Waals surface area contributed by atoms with Crippen molar-refractivity contribution in [2.45, 2.75) is 161 Å². The Balaban J connectivity index is 1.25. The zero-order valence-electron chi connectivity index (χ0n) is 39.2. The van der Waals surface area contributed by atoms with Gasteiger partial charge in [0.05, 0.1) is 5.69 Å². The maximum atomic E-state index is 2.70. The highest BCUT2D eigenvalue weighted by molar-refractivity contribution is 7.33. The average molecular weight is 821 g/mol. The average Bonchev–Trinajstić information content (AvgIpc) is 3.57. The Morgan fingerprint density at radius 3 is 1.52 bits per heavy atom. The minimum Gasteiger partial charge on any atom is -0.311 e. The molecule has 4 aliphatic carbocycles. The SMILES string of the molecule is Cc1cc2c3c(c1)N(c1ccc(C(C)(C)C)cc1)c1c(sc4cc5c(cc14)C1(C)CCC5(C)CC1)B3c1cc3c(cc1N2c1ccc(C(C)(C)C)cc1)C(C)(C)CCC3(C)C. The van der Waals surface area contributed by atoms with Gasteiger partial charge in [-0.15, -0.1) is 11.3 Å². The maximum absolute atomic E-state index is 2.70. The van der Waals surface area contributed by atoms with Crippen LogP contribution in [0, 0.1) is 6.92 Å². The predicted octanol–water partition coefficient (Wildman–Crippen LogP) is 14.3. The molecule has 5 aromatic carbocycles. The van der Waals surface area contributed by atoms with Gasteiger partial charge >= 0.3 is 0 Å². The molecule has 312 valence electrons. The third kappa shape index (κ3) is 5.65. The summed E-state index contributed by atoms with van der Waals surface area (Å²) in [5.41, 5.74) is 22.0. The van der Waals surface area contributed by atoms with Crippen LogP contribution in [0.3, 0.4) is 0 Å². The second-order valence-corrected chi connectivity index (χ2v) is 25.1. The summed E-state index contributed by atoms with van der Waals surface area (Å²) in [6.45, 7) is 31.5. The highest BCUT2D eigenvalue weighted by atomic mass is 32.1. The van der Waals surface area contributed by atoms with Crippen molar-refractivity contribution >= 4 is 78.0 Å². The molecule has 1 aromatic heterocycles. The number of aryl methyl sites for hydroxylation is 1. The van der Waals surface area contributed by atoms with E-state index in [1.807, 2.05) is 0 Å². The molecule has 6 aliphatic rings. The summed E-state index contributed by atoms with van der Waals surface area (Å²) in [7, 11) is 0. The van der Waals surface area contributed by atoms with E-state index in [1.165, 1.54) is 121 Å². The molecule has 0 unspecified atom stereocenters. The first-order valence-corrected chi connectivity index (χ1v) is 24.2. The number of hydrogen-bond acceptors (Lipinski definition) is 3. The maximum Gasteiger partial charge on any atom is 0.264 e. The van der Waals surface area contributed by atoms with Crippen LogP contribution in [0.15, 0.2) is 84.9 Å². The molecule has 2 aliphatic heterocycles. The van der Waals surface area contributed by atoms with E-state index in [0.717, 1.165) is 0 Å². The number of thiophene rings is 1. The number of fused-ring (bicyclic) bond motifs is 9. The summed E-state index contributed by atoms with van der Waals surface area (Å²) in [6.07, 6.45) is 7.57. The van der Waals surface area contributed by atoms with Crippen molar-refractivity contribution in [2.24, 2.45) is 0 Å². The fourth-order valence-corrected chi connectivity index (χ4v) is 13.7. The molecule has 2 nitrogen and oxygen atoms in total. The summed E-state index contributed by atoms with van der Waals surface area (Å²) in [5, 5.41) is 1.44. The van der Waals surface area contributed by atoms with Crippen LogP contribution in [0.5, 0.6) is 0 Å². The van der Waals surface area contributed by atoms with E-state index >= 15 is 0 Å². The molecular formula is C57H65BN2S. The van der Waals surface area contributed by atoms with Gasteiger partial charge in [-0.3, -0.25) is 0 Å². The molecule has 0 saturated heterocycles. The largest absolute Gasteiger partial charge is 0.311 e. The van der Waals surface area contributed by atoms with Gasteiger partial charge in [-0.05, 0) is 182 Å². The van der Waals surface area contributed by atoms with E-state index in [9.17, 15) is 0 Å². The molecular weight excluding hydrogens is 756 g/mol. The first-order chi connectivity index (χ1) is 28.6. The number of hydrogen-bond donors (Lipinski definition) is 0. The Bertz CT molecular complexity index is 2810. The fraction of sp³-hybridized carbons (Fsp3) is 0.439. The molecule has 0 atom stereocenters. The Morgan fingerprint density at radius 2 is 1.00 bits per heavy atom. The van der Waals surface area contributed by atoms with E-state index in [2.05, 4.69) is 196 Å². The normalized spacial score (nSPS) is 23.1. The lowest BCUT2D eigenvalue weighted by Gasteiger charge is -2.52. The topological polar surface area (TPSA) is 6.48 Å². The van der Waals surface area contributed by atoms with E-state index in [1.54, 1.807) is 16.7 Å². The molecule has 1 saturated carbocycles. The van der Waals surface area contributed by atoms with Crippen LogP contribution in [-0.4, -0.2) is 6.71 Å². The fourth-order valence-electron chi connectivity index (χ4n) is 12.4. The minimum atomic E-state index is 0.0758. The van der Waals surface area contributed by atoms with E-state index in [-0.39, 0.29) is 39.2 Å². The zero-order chi connectivity index (χ0) is 43.0. The van der Waals surface area contributed by atoms with Crippen LogP contribution in [0.4, 0.5) is 34.1 Å². The minimum absolute atomic E-state index is 0.0758. The third-order valence-electron chi connectivity index (χ3n) is 16.7. The second-order valence-electron chi connectivity index (χ2n) is 24.0. The first kappa shape index (κ1) is 39.6. The van der Waals surface area contributed by atoms with Crippen LogP contribution in [0.2, 0.25) is 0 Å². The molecule has 12 rings (SSSR count). The van der Waals surface area contributed by atoms with Crippen molar-refractivity contribution < 1.29 is 0 Å². The summed E-state index contributed by atoms with van der Waals surface area (Å²) in [5.74, 6) is 0. The Labute approximate surface area is 370 Å². The molecule has 4 heteroatoms. The predicted molar refractivity (Wildman–Crippen MR) is 266 cm³/mol. The van der Waals surface area contributed by atoms with E-state index < -0.39 is 0 Å². The molecule has 6 aromatic rings. The summed E-state index contributed by atoms with van der Waals surface area (Å²) >= 11 is 2.09. The van der Waals surface area contributed by atoms with Crippen molar-refractivity contribution in [1.29, 1.82) is 0 Å². The molecule has 61 heavy (non-hydrogen) atoms. The van der Waals surface area contributed by atoms with Gasteiger partial charge < -0.3 is 9.80 Å². The monoisotopic (exact) mass is 820 g/mol. The van der Waals surface area contributed by atoms with Crippen molar-refractivity contribution in [3.8, 4) is 0 Å². The zero-order valence-corrected chi connectivity index (χ0v) is 40.0. The quantitative estimate of drug-likeness (QED) is 0.160. The molecule has 2 bridgehead atoms. The number of benzene rings is 5. The van der Waals surface area contributed by atoms with Crippen LogP contribution >= 0.6 is 11.3 Å². The lowest BCUT2D eigenvalue weighted by Crippen LogP contribution is -2.61. The van der Waals surface area contributed by atoms with Gasteiger partial charge in [-0.25, -0.2) is 0 Å². The van der Waals surface area contributed by atoms with Crippen LogP contribution in [-0.2, 0) is 32.5 Å². The van der Waals surface area contributed by atoms with Gasteiger partial charge in [-0.2, -0.15) is 0 Å². The third-order valence-corrected chi connectivity index (χ3v) is 17.9. The number of nitrogens with zero attached hydrogens (tertiary/aromatic N) is 2. The van der Waals surface area contributed by atoms with Gasteiger partial charge in [-0.1, -0.05) is 113 Å². The van der Waals surface area contributed by atoms with Crippen LogP contribution in [0.1, 0.15) is 161 Å².